The van der Waals surface area contributed by atoms with Crippen molar-refractivity contribution >= 4 is 65.1 Å². The smallest absolute Gasteiger partial charge is 0.329 e. The van der Waals surface area contributed by atoms with Crippen LogP contribution in [0, 0.1) is 11.8 Å². The third-order valence-corrected chi connectivity index (χ3v) is 10.3. The van der Waals surface area contributed by atoms with Crippen LogP contribution < -0.4 is 26.6 Å². The standard InChI is InChI=1S/C45H67N5O10S/c1-44(2,3)59-38(52)22-21-35(42(56)60-45(4,5)6)50-43(57)49-34(41(55)58-7)14-10-11-24-46-40(54)36(27-30-17-18-31-12-8-9-13-33(31)26-30)48-39(53)32-19-15-29(16-20-32)28-47-37(51)23-25-61/h8-9,12-13,17-18,26,29,32,34-36,61H,10-11,14-16,19-25,27-28H2,1-7H3,(H,46,54)(H,47,51)(H,48,53)(H2,49,50,57)/t29?,32?,34?,35-,36?/m0/s1. The van der Waals surface area contributed by atoms with Crippen LogP contribution in [0.4, 0.5) is 4.79 Å². The second-order valence-corrected chi connectivity index (χ2v) is 18.1. The molecule has 2 unspecified atom stereocenters. The minimum atomic E-state index is -1.21. The highest BCUT2D eigenvalue weighted by Crippen LogP contribution is 2.29. The number of hydrogen-bond donors (Lipinski definition) is 6. The fourth-order valence-corrected chi connectivity index (χ4v) is 7.21. The van der Waals surface area contributed by atoms with Gasteiger partial charge in [0, 0.05) is 38.3 Å². The topological polar surface area (TPSA) is 207 Å². The van der Waals surface area contributed by atoms with Crippen LogP contribution in [0.25, 0.3) is 10.8 Å². The van der Waals surface area contributed by atoms with E-state index >= 15 is 0 Å². The van der Waals surface area contributed by atoms with Gasteiger partial charge in [-0.25, -0.2) is 14.4 Å². The highest BCUT2D eigenvalue weighted by molar-refractivity contribution is 7.80. The first-order valence-corrected chi connectivity index (χ1v) is 21.9. The molecule has 15 nitrogen and oxygen atoms in total. The molecule has 0 bridgehead atoms. The molecule has 3 rings (SSSR count). The molecule has 0 heterocycles. The monoisotopic (exact) mass is 869 g/mol. The maximum atomic E-state index is 13.7. The first kappa shape index (κ1) is 50.5. The minimum absolute atomic E-state index is 0.0279. The van der Waals surface area contributed by atoms with Crippen LogP contribution in [0.3, 0.4) is 0 Å². The molecule has 5 N–H and O–H groups in total. The average Bonchev–Trinajstić information content (AvgIpc) is 3.19. The van der Waals surface area contributed by atoms with Crippen LogP contribution in [-0.2, 0) is 49.4 Å². The van der Waals surface area contributed by atoms with Crippen molar-refractivity contribution in [3.05, 3.63) is 48.0 Å². The number of carbonyl (C=O) groups excluding carboxylic acids is 7. The number of urea groups is 1. The second kappa shape index (κ2) is 24.5. The molecule has 0 aromatic heterocycles. The predicted octanol–water partition coefficient (Wildman–Crippen LogP) is 5.07. The van der Waals surface area contributed by atoms with Gasteiger partial charge in [0.15, 0.2) is 0 Å². The van der Waals surface area contributed by atoms with E-state index in [1.165, 1.54) is 7.11 Å². The molecule has 1 aliphatic carbocycles. The van der Waals surface area contributed by atoms with Crippen LogP contribution in [-0.4, -0.2) is 96.9 Å². The number of hydrogen-bond acceptors (Lipinski definition) is 11. The van der Waals surface area contributed by atoms with E-state index in [9.17, 15) is 33.6 Å². The Balaban J connectivity index is 1.59. The third-order valence-electron chi connectivity index (χ3n) is 10.1. The minimum Gasteiger partial charge on any atom is -0.467 e. The molecule has 61 heavy (non-hydrogen) atoms. The molecule has 338 valence electrons. The van der Waals surface area contributed by atoms with Crippen molar-refractivity contribution in [3.63, 3.8) is 0 Å². The zero-order chi connectivity index (χ0) is 45.2. The molecular weight excluding hydrogens is 803 g/mol. The van der Waals surface area contributed by atoms with Gasteiger partial charge in [0.1, 0.15) is 29.3 Å². The number of amides is 5. The number of fused-ring (bicyclic) bond motifs is 1. The summed E-state index contributed by atoms with van der Waals surface area (Å²) < 4.78 is 15.7. The number of thiol groups is 1. The second-order valence-electron chi connectivity index (χ2n) is 17.6. The highest BCUT2D eigenvalue weighted by Gasteiger charge is 2.32. The maximum absolute atomic E-state index is 13.7. The van der Waals surface area contributed by atoms with E-state index in [4.69, 9.17) is 14.2 Å². The van der Waals surface area contributed by atoms with Gasteiger partial charge in [-0.1, -0.05) is 42.5 Å². The number of nitrogens with one attached hydrogen (secondary N) is 5. The predicted molar refractivity (Wildman–Crippen MR) is 236 cm³/mol. The van der Waals surface area contributed by atoms with Gasteiger partial charge in [-0.2, -0.15) is 12.6 Å². The van der Waals surface area contributed by atoms with Gasteiger partial charge in [-0.05, 0) is 121 Å². The van der Waals surface area contributed by atoms with Gasteiger partial charge in [-0.15, -0.1) is 0 Å². The zero-order valence-corrected chi connectivity index (χ0v) is 37.8. The van der Waals surface area contributed by atoms with Crippen LogP contribution >= 0.6 is 12.6 Å². The normalized spacial score (nSPS) is 16.9. The quantitative estimate of drug-likeness (QED) is 0.0425. The van der Waals surface area contributed by atoms with Crippen molar-refractivity contribution in [2.75, 3.05) is 26.0 Å². The van der Waals surface area contributed by atoms with Gasteiger partial charge >= 0.3 is 23.9 Å². The Morgan fingerprint density at radius 1 is 0.721 bits per heavy atom. The molecule has 0 spiro atoms. The number of methoxy groups -OCH3 is 1. The Labute approximate surface area is 365 Å². The van der Waals surface area contributed by atoms with Crippen molar-refractivity contribution in [3.8, 4) is 0 Å². The lowest BCUT2D eigenvalue weighted by molar-refractivity contribution is -0.158. The van der Waals surface area contributed by atoms with Gasteiger partial charge in [0.05, 0.1) is 7.11 Å². The molecule has 5 amide bonds. The van der Waals surface area contributed by atoms with Crippen molar-refractivity contribution in [1.29, 1.82) is 0 Å². The summed E-state index contributed by atoms with van der Waals surface area (Å²) in [6.45, 7) is 11.0. The zero-order valence-electron chi connectivity index (χ0n) is 36.9. The molecule has 0 saturated heterocycles. The van der Waals surface area contributed by atoms with Gasteiger partial charge in [0.25, 0.3) is 0 Å². The van der Waals surface area contributed by atoms with Crippen LogP contribution in [0.2, 0.25) is 0 Å². The van der Waals surface area contributed by atoms with Crippen LogP contribution in [0.1, 0.15) is 111 Å². The summed E-state index contributed by atoms with van der Waals surface area (Å²) >= 11 is 4.11. The van der Waals surface area contributed by atoms with E-state index in [0.29, 0.717) is 44.4 Å². The van der Waals surface area contributed by atoms with E-state index in [1.54, 1.807) is 41.5 Å². The van der Waals surface area contributed by atoms with Crippen LogP contribution in [0.5, 0.6) is 0 Å². The Kier molecular flexibility index (Phi) is 20.3. The van der Waals surface area contributed by atoms with Crippen molar-refractivity contribution in [2.45, 2.75) is 141 Å². The van der Waals surface area contributed by atoms with Crippen LogP contribution in [0.15, 0.2) is 42.5 Å². The largest absolute Gasteiger partial charge is 0.467 e. The lowest BCUT2D eigenvalue weighted by Crippen LogP contribution is -2.52. The Morgan fingerprint density at radius 2 is 1.36 bits per heavy atom. The van der Waals surface area contributed by atoms with Gasteiger partial charge in [-0.3, -0.25) is 19.2 Å². The SMILES string of the molecule is COC(=O)C(CCCCNC(=O)C(Cc1ccc2ccccc2c1)NC(=O)C1CCC(CNC(=O)CCS)CC1)NC(=O)N[C@@H](CCC(=O)OC(C)(C)C)C(=O)OC(C)(C)C. The molecule has 2 aromatic carbocycles. The summed E-state index contributed by atoms with van der Waals surface area (Å²) in [7, 11) is 1.20. The maximum Gasteiger partial charge on any atom is 0.329 e. The van der Waals surface area contributed by atoms with E-state index in [-0.39, 0.29) is 61.8 Å². The highest BCUT2D eigenvalue weighted by atomic mass is 32.1. The van der Waals surface area contributed by atoms with Gasteiger partial charge < -0.3 is 40.8 Å². The molecule has 1 fully saturated rings. The van der Waals surface area contributed by atoms with E-state index in [2.05, 4.69) is 39.2 Å². The molecule has 0 radical (unpaired) electrons. The Bertz CT molecular complexity index is 1800. The summed E-state index contributed by atoms with van der Waals surface area (Å²) in [5.74, 6) is -2.02. The summed E-state index contributed by atoms with van der Waals surface area (Å²) in [6.07, 6.45) is 4.27. The first-order valence-electron chi connectivity index (χ1n) is 21.3. The summed E-state index contributed by atoms with van der Waals surface area (Å²) in [5.41, 5.74) is -0.702. The summed E-state index contributed by atoms with van der Waals surface area (Å²) in [6, 6.07) is 9.92. The molecule has 1 aliphatic rings. The number of rotatable bonds is 21. The number of benzene rings is 2. The number of esters is 3. The fourth-order valence-electron chi connectivity index (χ4n) is 7.01. The van der Waals surface area contributed by atoms with E-state index in [1.807, 2.05) is 42.5 Å². The average molecular weight is 870 g/mol. The molecule has 3 atom stereocenters. The van der Waals surface area contributed by atoms with E-state index < -0.39 is 53.3 Å². The summed E-state index contributed by atoms with van der Waals surface area (Å²) in [4.78, 5) is 90.4. The molecule has 2 aromatic rings. The molecule has 16 heteroatoms. The fraction of sp³-hybridized carbons (Fsp3) is 0.622. The lowest BCUT2D eigenvalue weighted by Gasteiger charge is -2.29. The Morgan fingerprint density at radius 3 is 1.98 bits per heavy atom. The number of unbranched alkanes of at least 4 members (excludes halogenated alkanes) is 1. The summed E-state index contributed by atoms with van der Waals surface area (Å²) in [5, 5.41) is 16.1. The number of carbonyl (C=O) groups is 7. The third kappa shape index (κ3) is 19.2. The first-order chi connectivity index (χ1) is 28.8. The molecule has 1 saturated carbocycles. The molecule has 0 aliphatic heterocycles. The Hall–Kier alpha value is -4.86. The van der Waals surface area contributed by atoms with Crippen molar-refractivity contribution in [1.82, 2.24) is 26.6 Å². The number of ether oxygens (including phenoxy) is 3. The van der Waals surface area contributed by atoms with Crippen molar-refractivity contribution in [2.24, 2.45) is 11.8 Å². The lowest BCUT2D eigenvalue weighted by atomic mass is 9.81. The van der Waals surface area contributed by atoms with Crippen molar-refractivity contribution < 1.29 is 47.8 Å². The van der Waals surface area contributed by atoms with Gasteiger partial charge in [0.2, 0.25) is 17.7 Å². The molecular formula is C45H67N5O10S. The van der Waals surface area contributed by atoms with E-state index in [0.717, 1.165) is 29.2 Å².